The first kappa shape index (κ1) is 10.4. The minimum Gasteiger partial charge on any atom is -0.241 e. The fourth-order valence-corrected chi connectivity index (χ4v) is 2.16. The Balaban J connectivity index is 2.42. The van der Waals surface area contributed by atoms with Crippen LogP contribution in [0.2, 0.25) is 0 Å². The van der Waals surface area contributed by atoms with Crippen molar-refractivity contribution < 1.29 is 0 Å². The summed E-state index contributed by atoms with van der Waals surface area (Å²) in [6, 6.07) is 6.38. The molecule has 1 aromatic carbocycles. The Bertz CT molecular complexity index is 474. The molecule has 2 nitrogen and oxygen atoms in total. The van der Waals surface area contributed by atoms with Crippen molar-refractivity contribution in [3.05, 3.63) is 47.3 Å². The van der Waals surface area contributed by atoms with Gasteiger partial charge in [0.2, 0.25) is 0 Å². The number of nitrogens with zero attached hydrogens (tertiary/aromatic N) is 2. The van der Waals surface area contributed by atoms with Crippen molar-refractivity contribution in [3.8, 4) is 5.69 Å². The maximum Gasteiger partial charge on any atom is 0.0648 e. The summed E-state index contributed by atoms with van der Waals surface area (Å²) in [6.07, 6.45) is 3.90. The summed E-state index contributed by atoms with van der Waals surface area (Å²) < 4.78 is 1.90. The monoisotopic (exact) mass is 264 g/mol. The Hall–Kier alpha value is -1.09. The number of hydrogen-bond donors (Lipinski definition) is 0. The van der Waals surface area contributed by atoms with Crippen LogP contribution in [0.3, 0.4) is 0 Å². The summed E-state index contributed by atoms with van der Waals surface area (Å²) in [7, 11) is 0. The quantitative estimate of drug-likeness (QED) is 0.761. The van der Waals surface area contributed by atoms with Gasteiger partial charge in [0.1, 0.15) is 0 Å². The maximum absolute atomic E-state index is 4.29. The molecule has 0 spiro atoms. The number of hydrogen-bond acceptors (Lipinski definition) is 1. The molecule has 2 rings (SSSR count). The van der Waals surface area contributed by atoms with Gasteiger partial charge in [-0.2, -0.15) is 5.10 Å². The normalized spacial score (nSPS) is 10.6. The van der Waals surface area contributed by atoms with Crippen LogP contribution in [0.1, 0.15) is 16.7 Å². The second-order valence-corrected chi connectivity index (χ2v) is 4.27. The lowest BCUT2D eigenvalue weighted by Crippen LogP contribution is -1.96. The second-order valence-electron chi connectivity index (χ2n) is 3.71. The van der Waals surface area contributed by atoms with Crippen LogP contribution in [0.4, 0.5) is 0 Å². The van der Waals surface area contributed by atoms with Crippen LogP contribution < -0.4 is 0 Å². The van der Waals surface area contributed by atoms with Gasteiger partial charge in [0.05, 0.1) is 11.9 Å². The van der Waals surface area contributed by atoms with E-state index in [4.69, 9.17) is 0 Å². The molecule has 0 aliphatic rings. The lowest BCUT2D eigenvalue weighted by atomic mass is 10.1. The van der Waals surface area contributed by atoms with Gasteiger partial charge < -0.3 is 0 Å². The van der Waals surface area contributed by atoms with E-state index >= 15 is 0 Å². The van der Waals surface area contributed by atoms with Gasteiger partial charge in [-0.25, -0.2) is 4.68 Å². The minimum atomic E-state index is 0.900. The lowest BCUT2D eigenvalue weighted by Gasteiger charge is -2.06. The summed E-state index contributed by atoms with van der Waals surface area (Å²) in [5.41, 5.74) is 4.91. The molecule has 0 atom stereocenters. The number of benzene rings is 1. The van der Waals surface area contributed by atoms with Crippen molar-refractivity contribution >= 4 is 15.9 Å². The zero-order valence-electron chi connectivity index (χ0n) is 8.87. The highest BCUT2D eigenvalue weighted by Crippen LogP contribution is 2.16. The summed E-state index contributed by atoms with van der Waals surface area (Å²) in [5, 5.41) is 5.19. The van der Waals surface area contributed by atoms with Crippen molar-refractivity contribution in [2.75, 3.05) is 0 Å². The highest BCUT2D eigenvalue weighted by Gasteiger charge is 2.01. The van der Waals surface area contributed by atoms with E-state index in [0.717, 1.165) is 11.0 Å². The molecule has 0 fully saturated rings. The molecule has 0 N–H and O–H groups in total. The van der Waals surface area contributed by atoms with E-state index in [1.165, 1.54) is 16.7 Å². The Morgan fingerprint density at radius 3 is 2.67 bits per heavy atom. The molecule has 0 aliphatic heterocycles. The van der Waals surface area contributed by atoms with Gasteiger partial charge >= 0.3 is 0 Å². The van der Waals surface area contributed by atoms with Gasteiger partial charge in [-0.1, -0.05) is 22.0 Å². The molecule has 3 heteroatoms. The summed E-state index contributed by atoms with van der Waals surface area (Å²) in [6.45, 7) is 4.17. The van der Waals surface area contributed by atoms with Crippen molar-refractivity contribution in [2.45, 2.75) is 19.2 Å². The topological polar surface area (TPSA) is 17.8 Å². The molecule has 0 bridgehead atoms. The number of aryl methyl sites for hydroxylation is 2. The van der Waals surface area contributed by atoms with E-state index in [0.29, 0.717) is 0 Å². The van der Waals surface area contributed by atoms with E-state index in [9.17, 15) is 0 Å². The standard InChI is InChI=1S/C12H13BrN2/c1-9-7-14-15(8-9)12-4-3-11(6-13)10(2)5-12/h3-5,7-8H,6H2,1-2H3. The first-order valence-electron chi connectivity index (χ1n) is 4.88. The molecule has 0 saturated carbocycles. The van der Waals surface area contributed by atoms with Gasteiger partial charge in [-0.3, -0.25) is 0 Å². The average molecular weight is 265 g/mol. The largest absolute Gasteiger partial charge is 0.241 e. The van der Waals surface area contributed by atoms with E-state index in [2.05, 4.69) is 46.2 Å². The van der Waals surface area contributed by atoms with Gasteiger partial charge in [0, 0.05) is 11.5 Å². The third-order valence-electron chi connectivity index (χ3n) is 2.45. The Morgan fingerprint density at radius 1 is 1.33 bits per heavy atom. The van der Waals surface area contributed by atoms with Crippen LogP contribution in [-0.4, -0.2) is 9.78 Å². The predicted molar refractivity (Wildman–Crippen MR) is 65.7 cm³/mol. The summed E-state index contributed by atoms with van der Waals surface area (Å²) >= 11 is 3.47. The number of rotatable bonds is 2. The van der Waals surface area contributed by atoms with Crippen molar-refractivity contribution in [1.29, 1.82) is 0 Å². The third kappa shape index (κ3) is 2.12. The number of aromatic nitrogens is 2. The first-order chi connectivity index (χ1) is 7.20. The smallest absolute Gasteiger partial charge is 0.0648 e. The molecular weight excluding hydrogens is 252 g/mol. The van der Waals surface area contributed by atoms with Crippen molar-refractivity contribution in [1.82, 2.24) is 9.78 Å². The first-order valence-corrected chi connectivity index (χ1v) is 6.00. The van der Waals surface area contributed by atoms with Gasteiger partial charge in [0.15, 0.2) is 0 Å². The van der Waals surface area contributed by atoms with Crippen LogP contribution in [0.15, 0.2) is 30.6 Å². The van der Waals surface area contributed by atoms with Gasteiger partial charge in [-0.05, 0) is 42.7 Å². The molecule has 0 radical (unpaired) electrons. The molecule has 78 valence electrons. The highest BCUT2D eigenvalue weighted by atomic mass is 79.9. The van der Waals surface area contributed by atoms with Crippen molar-refractivity contribution in [3.63, 3.8) is 0 Å². The molecule has 0 amide bonds. The fourth-order valence-electron chi connectivity index (χ4n) is 1.53. The SMILES string of the molecule is Cc1cnn(-c2ccc(CBr)c(C)c2)c1. The fraction of sp³-hybridized carbons (Fsp3) is 0.250. The Morgan fingerprint density at radius 2 is 2.13 bits per heavy atom. The van der Waals surface area contributed by atoms with Crippen LogP contribution >= 0.6 is 15.9 Å². The highest BCUT2D eigenvalue weighted by molar-refractivity contribution is 9.08. The third-order valence-corrected chi connectivity index (χ3v) is 3.05. The number of alkyl halides is 1. The lowest BCUT2D eigenvalue weighted by molar-refractivity contribution is 0.878. The maximum atomic E-state index is 4.29. The molecule has 15 heavy (non-hydrogen) atoms. The Kier molecular flexibility index (Phi) is 2.91. The van der Waals surface area contributed by atoms with Crippen LogP contribution in [0.5, 0.6) is 0 Å². The molecule has 0 unspecified atom stereocenters. The summed E-state index contributed by atoms with van der Waals surface area (Å²) in [4.78, 5) is 0. The van der Waals surface area contributed by atoms with Crippen LogP contribution in [0.25, 0.3) is 5.69 Å². The van der Waals surface area contributed by atoms with E-state index in [-0.39, 0.29) is 0 Å². The van der Waals surface area contributed by atoms with E-state index in [1.807, 2.05) is 24.0 Å². The molecule has 0 aliphatic carbocycles. The van der Waals surface area contributed by atoms with Crippen LogP contribution in [0, 0.1) is 13.8 Å². The van der Waals surface area contributed by atoms with Crippen molar-refractivity contribution in [2.24, 2.45) is 0 Å². The minimum absolute atomic E-state index is 0.900. The van der Waals surface area contributed by atoms with E-state index < -0.39 is 0 Å². The molecule has 1 heterocycles. The second kappa shape index (κ2) is 4.19. The molecule has 0 saturated heterocycles. The average Bonchev–Trinajstić information content (AvgIpc) is 2.65. The van der Waals surface area contributed by atoms with E-state index in [1.54, 1.807) is 0 Å². The van der Waals surface area contributed by atoms with Crippen LogP contribution in [-0.2, 0) is 5.33 Å². The molecule has 1 aromatic heterocycles. The van der Waals surface area contributed by atoms with Gasteiger partial charge in [-0.15, -0.1) is 0 Å². The Labute approximate surface area is 98.1 Å². The summed E-state index contributed by atoms with van der Waals surface area (Å²) in [5.74, 6) is 0. The molecule has 2 aromatic rings. The zero-order valence-corrected chi connectivity index (χ0v) is 10.5. The predicted octanol–water partition coefficient (Wildman–Crippen LogP) is 3.38. The van der Waals surface area contributed by atoms with Gasteiger partial charge in [0.25, 0.3) is 0 Å². The molecular formula is C12H13BrN2. The zero-order chi connectivity index (χ0) is 10.8. The number of halogens is 1.